The van der Waals surface area contributed by atoms with E-state index in [0.29, 0.717) is 0 Å². The van der Waals surface area contributed by atoms with Crippen molar-refractivity contribution in [3.63, 3.8) is 0 Å². The van der Waals surface area contributed by atoms with E-state index < -0.39 is 0 Å². The van der Waals surface area contributed by atoms with Crippen LogP contribution in [0.1, 0.15) is 0 Å². The summed E-state index contributed by atoms with van der Waals surface area (Å²) in [6, 6.07) is 74.9. The Kier molecular flexibility index (Phi) is 7.24. The van der Waals surface area contributed by atoms with E-state index in [1.807, 2.05) is 23.5 Å². The first-order valence-corrected chi connectivity index (χ1v) is 22.2. The van der Waals surface area contributed by atoms with E-state index >= 15 is 0 Å². The third kappa shape index (κ3) is 5.08. The Bertz CT molecular complexity index is 4230. The minimum atomic E-state index is 0.871. The number of benzene rings is 10. The number of aromatic nitrogens is 4. The van der Waals surface area contributed by atoms with Crippen molar-refractivity contribution in [2.75, 3.05) is 0 Å². The van der Waals surface area contributed by atoms with E-state index in [1.165, 1.54) is 80.0 Å². The molecule has 0 N–H and O–H groups in total. The SMILES string of the molecule is c1cc(-c2nc3ccccc3nc2-c2cccc3c2sc2ccccc23)cc(-n2c3ccccc3c3cc4c(-n5c6ccccc6c6cc7ccccc7cc65)cccc4cc32)c1. The Hall–Kier alpha value is -8.12. The molecule has 0 amide bonds. The van der Waals surface area contributed by atoms with Gasteiger partial charge in [0.2, 0.25) is 0 Å². The van der Waals surface area contributed by atoms with Crippen molar-refractivity contribution in [2.45, 2.75) is 0 Å². The van der Waals surface area contributed by atoms with Crippen LogP contribution >= 0.6 is 11.3 Å². The summed E-state index contributed by atoms with van der Waals surface area (Å²) in [4.78, 5) is 10.8. The van der Waals surface area contributed by atoms with Gasteiger partial charge in [0.1, 0.15) is 0 Å². The van der Waals surface area contributed by atoms with E-state index in [2.05, 4.69) is 203 Å². The summed E-state index contributed by atoms with van der Waals surface area (Å²) in [5.74, 6) is 0. The number of hydrogen-bond donors (Lipinski definition) is 0. The highest BCUT2D eigenvalue weighted by Crippen LogP contribution is 2.44. The molecule has 4 heterocycles. The summed E-state index contributed by atoms with van der Waals surface area (Å²) >= 11 is 1.82. The fraction of sp³-hybridized carbons (Fsp3) is 0. The number of fused-ring (bicyclic) bond motifs is 12. The molecule has 0 unspecified atom stereocenters. The molecule has 0 atom stereocenters. The smallest absolute Gasteiger partial charge is 0.0987 e. The average Bonchev–Trinajstić information content (AvgIpc) is 3.99. The second-order valence-corrected chi connectivity index (χ2v) is 17.6. The van der Waals surface area contributed by atoms with Crippen LogP contribution in [0.2, 0.25) is 0 Å². The first-order chi connectivity index (χ1) is 31.2. The maximum atomic E-state index is 5.39. The molecule has 10 aromatic carbocycles. The predicted molar refractivity (Wildman–Crippen MR) is 267 cm³/mol. The van der Waals surface area contributed by atoms with Gasteiger partial charge in [0.15, 0.2) is 0 Å². The molecule has 0 spiro atoms. The van der Waals surface area contributed by atoms with Crippen LogP contribution in [0.15, 0.2) is 206 Å². The molecular formula is C58H34N4S. The molecule has 0 aliphatic rings. The summed E-state index contributed by atoms with van der Waals surface area (Å²) in [6.07, 6.45) is 0. The monoisotopic (exact) mass is 818 g/mol. The molecule has 14 rings (SSSR count). The Labute approximate surface area is 365 Å². The lowest BCUT2D eigenvalue weighted by Crippen LogP contribution is -1.98. The van der Waals surface area contributed by atoms with Crippen molar-refractivity contribution in [2.24, 2.45) is 0 Å². The lowest BCUT2D eigenvalue weighted by molar-refractivity contribution is 1.18. The van der Waals surface area contributed by atoms with E-state index in [4.69, 9.17) is 9.97 Å². The number of hydrogen-bond acceptors (Lipinski definition) is 3. The normalized spacial score (nSPS) is 12.1. The maximum absolute atomic E-state index is 5.39. The molecule has 0 fully saturated rings. The Morgan fingerprint density at radius 3 is 1.76 bits per heavy atom. The van der Waals surface area contributed by atoms with Crippen molar-refractivity contribution < 1.29 is 0 Å². The Morgan fingerprint density at radius 2 is 0.937 bits per heavy atom. The molecule has 0 saturated carbocycles. The highest BCUT2D eigenvalue weighted by Gasteiger charge is 2.21. The number of thiophene rings is 1. The lowest BCUT2D eigenvalue weighted by Gasteiger charge is -2.15. The van der Waals surface area contributed by atoms with Gasteiger partial charge in [-0.15, -0.1) is 11.3 Å². The minimum absolute atomic E-state index is 0.871. The fourth-order valence-corrected chi connectivity index (χ4v) is 11.4. The quantitative estimate of drug-likeness (QED) is 0.177. The van der Waals surface area contributed by atoms with Crippen molar-refractivity contribution in [3.8, 4) is 33.9 Å². The van der Waals surface area contributed by atoms with E-state index in [0.717, 1.165) is 50.3 Å². The zero-order valence-corrected chi connectivity index (χ0v) is 34.6. The highest BCUT2D eigenvalue weighted by molar-refractivity contribution is 7.26. The summed E-state index contributed by atoms with van der Waals surface area (Å²) in [5.41, 5.74) is 12.6. The van der Waals surface area contributed by atoms with Gasteiger partial charge in [-0.2, -0.15) is 0 Å². The van der Waals surface area contributed by atoms with Crippen LogP contribution < -0.4 is 0 Å². The zero-order chi connectivity index (χ0) is 41.2. The molecule has 0 bridgehead atoms. The van der Waals surface area contributed by atoms with Gasteiger partial charge >= 0.3 is 0 Å². The van der Waals surface area contributed by atoms with Gasteiger partial charge in [-0.05, 0) is 89.0 Å². The van der Waals surface area contributed by atoms with Gasteiger partial charge < -0.3 is 9.13 Å². The topological polar surface area (TPSA) is 35.6 Å². The van der Waals surface area contributed by atoms with Crippen LogP contribution in [0.3, 0.4) is 0 Å². The van der Waals surface area contributed by atoms with Crippen molar-refractivity contribution in [1.82, 2.24) is 19.1 Å². The maximum Gasteiger partial charge on any atom is 0.0987 e. The van der Waals surface area contributed by atoms with Gasteiger partial charge in [0.05, 0.1) is 50.2 Å². The van der Waals surface area contributed by atoms with Crippen molar-refractivity contribution in [3.05, 3.63) is 206 Å². The molecule has 0 aliphatic heterocycles. The molecule has 0 radical (unpaired) electrons. The van der Waals surface area contributed by atoms with Gasteiger partial charge in [-0.1, -0.05) is 133 Å². The summed E-state index contributed by atoms with van der Waals surface area (Å²) in [6.45, 7) is 0. The number of rotatable bonds is 4. The predicted octanol–water partition coefficient (Wildman–Crippen LogP) is 15.8. The second-order valence-electron chi connectivity index (χ2n) is 16.5. The molecule has 0 aliphatic carbocycles. The summed E-state index contributed by atoms with van der Waals surface area (Å²) in [5, 5.41) is 12.3. The van der Waals surface area contributed by atoms with Crippen LogP contribution in [0.25, 0.3) is 130 Å². The van der Waals surface area contributed by atoms with Crippen LogP contribution in [0, 0.1) is 0 Å². The van der Waals surface area contributed by atoms with Crippen LogP contribution in [-0.2, 0) is 0 Å². The summed E-state index contributed by atoms with van der Waals surface area (Å²) < 4.78 is 7.39. The molecule has 292 valence electrons. The highest BCUT2D eigenvalue weighted by atomic mass is 32.1. The Balaban J connectivity index is 0.994. The third-order valence-corrected chi connectivity index (χ3v) is 14.3. The molecule has 63 heavy (non-hydrogen) atoms. The average molecular weight is 819 g/mol. The Morgan fingerprint density at radius 1 is 0.349 bits per heavy atom. The second kappa shape index (κ2) is 13.2. The number of nitrogens with zero attached hydrogens (tertiary/aromatic N) is 4. The zero-order valence-electron chi connectivity index (χ0n) is 33.8. The molecule has 4 nitrogen and oxygen atoms in total. The van der Waals surface area contributed by atoms with Crippen molar-refractivity contribution >= 4 is 108 Å². The largest absolute Gasteiger partial charge is 0.309 e. The molecule has 14 aromatic rings. The van der Waals surface area contributed by atoms with Crippen LogP contribution in [0.5, 0.6) is 0 Å². The molecule has 0 saturated heterocycles. The fourth-order valence-electron chi connectivity index (χ4n) is 10.2. The minimum Gasteiger partial charge on any atom is -0.309 e. The van der Waals surface area contributed by atoms with Gasteiger partial charge in [0.25, 0.3) is 0 Å². The standard InChI is InChI=1S/C58H34N4S/c1-2-15-36-32-54-46(31-35(36)14-1)40-19-4-9-27-51(40)62(54)52-28-12-16-37-33-53-47(34-45(37)52)41-20-3-8-26-50(41)61(53)39-18-11-17-38(30-39)56-57(60-49-25-7-6-24-48(49)59-56)44-23-13-22-43-42-21-5-10-29-55(42)63-58(43)44/h1-34H. The van der Waals surface area contributed by atoms with E-state index in [-0.39, 0.29) is 0 Å². The summed E-state index contributed by atoms with van der Waals surface area (Å²) in [7, 11) is 0. The first-order valence-electron chi connectivity index (χ1n) is 21.4. The van der Waals surface area contributed by atoms with Crippen molar-refractivity contribution in [1.29, 1.82) is 0 Å². The third-order valence-electron chi connectivity index (χ3n) is 13.0. The van der Waals surface area contributed by atoms with E-state index in [9.17, 15) is 0 Å². The number of para-hydroxylation sites is 4. The van der Waals surface area contributed by atoms with Gasteiger partial charge in [-0.3, -0.25) is 0 Å². The van der Waals surface area contributed by atoms with Gasteiger partial charge in [0, 0.05) is 63.9 Å². The molecule has 4 aromatic heterocycles. The molecular weight excluding hydrogens is 785 g/mol. The molecule has 5 heteroatoms. The van der Waals surface area contributed by atoms with E-state index in [1.54, 1.807) is 0 Å². The van der Waals surface area contributed by atoms with Crippen LogP contribution in [-0.4, -0.2) is 19.1 Å². The van der Waals surface area contributed by atoms with Crippen LogP contribution in [0.4, 0.5) is 0 Å². The van der Waals surface area contributed by atoms with Gasteiger partial charge in [-0.25, -0.2) is 9.97 Å². The first kappa shape index (κ1) is 34.6. The lowest BCUT2D eigenvalue weighted by atomic mass is 10.0.